The van der Waals surface area contributed by atoms with E-state index in [4.69, 9.17) is 12.7 Å². The van der Waals surface area contributed by atoms with E-state index in [1.165, 1.54) is 0 Å². The number of nitrogens with one attached hydrogen (secondary N) is 1. The largest absolute Gasteiger partial charge is 0.399 e. The second kappa shape index (κ2) is 3.11. The van der Waals surface area contributed by atoms with Gasteiger partial charge in [0.25, 0.3) is 0 Å². The molecule has 1 aromatic carbocycles. The van der Waals surface area contributed by atoms with Crippen LogP contribution >= 0.6 is 0 Å². The first-order valence-corrected chi connectivity index (χ1v) is 3.12. The van der Waals surface area contributed by atoms with Gasteiger partial charge in [0.05, 0.1) is 0 Å². The van der Waals surface area contributed by atoms with Crippen molar-refractivity contribution in [3.05, 3.63) is 31.2 Å². The maximum Gasteiger partial charge on any atom is 0.0341 e. The van der Waals surface area contributed by atoms with Crippen molar-refractivity contribution in [2.24, 2.45) is 0 Å². The normalized spacial score (nSPS) is 9.30. The fourth-order valence-corrected chi connectivity index (χ4v) is 0.719. The minimum atomic E-state index is 0.448. The Labute approximate surface area is 61.1 Å². The maximum absolute atomic E-state index is 5.46. The van der Waals surface area contributed by atoms with Crippen LogP contribution in [-0.2, 0) is 0 Å². The molecule has 10 heavy (non-hydrogen) atoms. The van der Waals surface area contributed by atoms with Gasteiger partial charge in [0, 0.05) is 17.9 Å². The molecule has 0 atom stereocenters. The molecule has 0 aliphatic rings. The molecule has 0 spiro atoms. The molecule has 0 heterocycles. The summed E-state index contributed by atoms with van der Waals surface area (Å²) in [4.78, 5) is 0. The number of benzene rings is 1. The van der Waals surface area contributed by atoms with Crippen molar-refractivity contribution in [2.45, 2.75) is 0 Å². The summed E-state index contributed by atoms with van der Waals surface area (Å²) in [5.74, 6) is 0. The van der Waals surface area contributed by atoms with Gasteiger partial charge < -0.3 is 11.1 Å². The van der Waals surface area contributed by atoms with Crippen LogP contribution < -0.4 is 11.1 Å². The van der Waals surface area contributed by atoms with Gasteiger partial charge in [0.15, 0.2) is 0 Å². The summed E-state index contributed by atoms with van der Waals surface area (Å²) in [6, 6.07) is 7.44. The van der Waals surface area contributed by atoms with Crippen LogP contribution in [0.25, 0.3) is 0 Å². The Morgan fingerprint density at radius 1 is 1.30 bits per heavy atom. The fourth-order valence-electron chi connectivity index (χ4n) is 0.719. The SMILES string of the molecule is [CH]CNc1ccc(N)cc1. The van der Waals surface area contributed by atoms with E-state index in [0.29, 0.717) is 6.54 Å². The predicted molar refractivity (Wildman–Crippen MR) is 43.6 cm³/mol. The van der Waals surface area contributed by atoms with Crippen LogP contribution in [0.1, 0.15) is 0 Å². The molecule has 2 radical (unpaired) electrons. The summed E-state index contributed by atoms with van der Waals surface area (Å²) < 4.78 is 0. The average Bonchev–Trinajstić information content (AvgIpc) is 1.95. The van der Waals surface area contributed by atoms with Gasteiger partial charge in [-0.25, -0.2) is 0 Å². The van der Waals surface area contributed by atoms with Crippen LogP contribution in [0.3, 0.4) is 0 Å². The molecule has 1 aromatic rings. The highest BCUT2D eigenvalue weighted by Crippen LogP contribution is 2.09. The number of nitrogen functional groups attached to an aromatic ring is 1. The first kappa shape index (κ1) is 6.93. The summed E-state index contributed by atoms with van der Waals surface area (Å²) in [5.41, 5.74) is 7.23. The van der Waals surface area contributed by atoms with E-state index in [9.17, 15) is 0 Å². The Balaban J connectivity index is 2.69. The Morgan fingerprint density at radius 2 is 1.90 bits per heavy atom. The fraction of sp³-hybridized carbons (Fsp3) is 0.125. The third-order valence-corrected chi connectivity index (χ3v) is 1.22. The molecule has 0 bridgehead atoms. The Hall–Kier alpha value is -1.18. The number of hydrogen-bond acceptors (Lipinski definition) is 2. The highest BCUT2D eigenvalue weighted by atomic mass is 14.8. The molecule has 52 valence electrons. The van der Waals surface area contributed by atoms with E-state index in [0.717, 1.165) is 11.4 Å². The topological polar surface area (TPSA) is 38.0 Å². The van der Waals surface area contributed by atoms with E-state index >= 15 is 0 Å². The minimum Gasteiger partial charge on any atom is -0.399 e. The Kier molecular flexibility index (Phi) is 2.15. The molecule has 3 N–H and O–H groups in total. The number of anilines is 2. The summed E-state index contributed by atoms with van der Waals surface area (Å²) in [5, 5.41) is 2.96. The van der Waals surface area contributed by atoms with E-state index in [-0.39, 0.29) is 0 Å². The molecule has 2 nitrogen and oxygen atoms in total. The van der Waals surface area contributed by atoms with Gasteiger partial charge in [0.1, 0.15) is 0 Å². The first-order valence-electron chi connectivity index (χ1n) is 3.12. The summed E-state index contributed by atoms with van der Waals surface area (Å²) in [6.07, 6.45) is 0. The lowest BCUT2D eigenvalue weighted by atomic mass is 10.3. The summed E-state index contributed by atoms with van der Waals surface area (Å²) in [6.45, 7) is 5.70. The lowest BCUT2D eigenvalue weighted by Gasteiger charge is -2.01. The van der Waals surface area contributed by atoms with E-state index < -0.39 is 0 Å². The maximum atomic E-state index is 5.46. The molecule has 0 saturated heterocycles. The van der Waals surface area contributed by atoms with Gasteiger partial charge >= 0.3 is 0 Å². The standard InChI is InChI=1S/C8H10N2/c1-2-10-8-5-3-7(9)4-6-8/h1,3-6,10H,2,9H2. The summed E-state index contributed by atoms with van der Waals surface area (Å²) in [7, 11) is 0. The molecule has 0 unspecified atom stereocenters. The van der Waals surface area contributed by atoms with Crippen molar-refractivity contribution in [2.75, 3.05) is 17.6 Å². The molecule has 0 fully saturated rings. The number of hydrogen-bond donors (Lipinski definition) is 2. The van der Waals surface area contributed by atoms with Gasteiger partial charge in [-0.15, -0.1) is 0 Å². The van der Waals surface area contributed by atoms with Gasteiger partial charge in [0.2, 0.25) is 0 Å². The van der Waals surface area contributed by atoms with Crippen molar-refractivity contribution in [1.29, 1.82) is 0 Å². The number of rotatable bonds is 2. The molecule has 0 aliphatic heterocycles. The highest BCUT2D eigenvalue weighted by Gasteiger charge is 1.86. The molecule has 2 heteroatoms. The second-order valence-corrected chi connectivity index (χ2v) is 2.00. The van der Waals surface area contributed by atoms with Crippen LogP contribution in [0.4, 0.5) is 11.4 Å². The Morgan fingerprint density at radius 3 is 2.40 bits per heavy atom. The summed E-state index contributed by atoms with van der Waals surface area (Å²) >= 11 is 0. The van der Waals surface area contributed by atoms with Crippen molar-refractivity contribution in [3.63, 3.8) is 0 Å². The molecule has 1 rings (SSSR count). The lowest BCUT2D eigenvalue weighted by Crippen LogP contribution is -1.96. The predicted octanol–water partition coefficient (Wildman–Crippen LogP) is 1.39. The molecule has 0 aromatic heterocycles. The molecular formula is C8H10N2. The molecule has 0 saturated carbocycles. The third kappa shape index (κ3) is 1.65. The third-order valence-electron chi connectivity index (χ3n) is 1.22. The van der Waals surface area contributed by atoms with Crippen molar-refractivity contribution >= 4 is 11.4 Å². The molecule has 0 amide bonds. The Bertz CT molecular complexity index is 191. The highest BCUT2D eigenvalue weighted by molar-refractivity contribution is 5.51. The lowest BCUT2D eigenvalue weighted by molar-refractivity contribution is 1.34. The van der Waals surface area contributed by atoms with Crippen LogP contribution in [0, 0.1) is 6.92 Å². The van der Waals surface area contributed by atoms with Gasteiger partial charge in [-0.3, -0.25) is 0 Å². The average molecular weight is 134 g/mol. The molecule has 0 aliphatic carbocycles. The second-order valence-electron chi connectivity index (χ2n) is 2.00. The van der Waals surface area contributed by atoms with E-state index in [1.807, 2.05) is 24.3 Å². The van der Waals surface area contributed by atoms with Gasteiger partial charge in [-0.2, -0.15) is 0 Å². The minimum absolute atomic E-state index is 0.448. The van der Waals surface area contributed by atoms with Crippen molar-refractivity contribution in [1.82, 2.24) is 0 Å². The van der Waals surface area contributed by atoms with Crippen molar-refractivity contribution < 1.29 is 0 Å². The van der Waals surface area contributed by atoms with Gasteiger partial charge in [-0.1, -0.05) is 0 Å². The first-order chi connectivity index (χ1) is 4.83. The van der Waals surface area contributed by atoms with Crippen LogP contribution in [-0.4, -0.2) is 6.54 Å². The zero-order chi connectivity index (χ0) is 7.40. The van der Waals surface area contributed by atoms with E-state index in [1.54, 1.807) is 0 Å². The smallest absolute Gasteiger partial charge is 0.0341 e. The van der Waals surface area contributed by atoms with Crippen LogP contribution in [0.2, 0.25) is 0 Å². The quantitative estimate of drug-likeness (QED) is 0.600. The van der Waals surface area contributed by atoms with Crippen LogP contribution in [0.15, 0.2) is 24.3 Å². The zero-order valence-electron chi connectivity index (χ0n) is 5.67. The molecular weight excluding hydrogens is 124 g/mol. The van der Waals surface area contributed by atoms with E-state index in [2.05, 4.69) is 5.32 Å². The van der Waals surface area contributed by atoms with Crippen LogP contribution in [0.5, 0.6) is 0 Å². The van der Waals surface area contributed by atoms with Gasteiger partial charge in [-0.05, 0) is 31.2 Å². The van der Waals surface area contributed by atoms with Crippen molar-refractivity contribution in [3.8, 4) is 0 Å². The monoisotopic (exact) mass is 134 g/mol. The number of nitrogens with two attached hydrogens (primary N) is 1. The zero-order valence-corrected chi connectivity index (χ0v) is 5.67.